The Kier molecular flexibility index (Phi) is 6.31. The van der Waals surface area contributed by atoms with E-state index < -0.39 is 0 Å². The van der Waals surface area contributed by atoms with Crippen LogP contribution in [0.2, 0.25) is 0 Å². The van der Waals surface area contributed by atoms with Crippen molar-refractivity contribution < 1.29 is 9.53 Å². The molecule has 0 bridgehead atoms. The van der Waals surface area contributed by atoms with Gasteiger partial charge in [-0.15, -0.1) is 0 Å². The Morgan fingerprint density at radius 2 is 1.78 bits per heavy atom. The normalized spacial score (nSPS) is 10.8. The largest absolute Gasteiger partial charge is 0.489 e. The van der Waals surface area contributed by atoms with Gasteiger partial charge in [0.15, 0.2) is 0 Å². The number of aromatic nitrogens is 2. The van der Waals surface area contributed by atoms with Gasteiger partial charge in [-0.3, -0.25) is 14.2 Å². The first-order valence-electron chi connectivity index (χ1n) is 10.5. The first kappa shape index (κ1) is 21.3. The molecule has 32 heavy (non-hydrogen) atoms. The van der Waals surface area contributed by atoms with E-state index >= 15 is 0 Å². The van der Waals surface area contributed by atoms with E-state index in [1.807, 2.05) is 55.5 Å². The molecule has 3 aromatic carbocycles. The van der Waals surface area contributed by atoms with Gasteiger partial charge in [-0.2, -0.15) is 0 Å². The third-order valence-corrected chi connectivity index (χ3v) is 5.27. The molecule has 0 spiro atoms. The van der Waals surface area contributed by atoms with Crippen LogP contribution in [0.25, 0.3) is 10.9 Å². The molecule has 4 aromatic rings. The molecule has 0 saturated heterocycles. The Hall–Kier alpha value is -3.93. The second kappa shape index (κ2) is 9.47. The molecule has 0 saturated carbocycles. The number of ether oxygens (including phenoxy) is 1. The first-order chi connectivity index (χ1) is 15.5. The number of para-hydroxylation sites is 1. The molecule has 6 heteroatoms. The quantitative estimate of drug-likeness (QED) is 0.485. The highest BCUT2D eigenvalue weighted by molar-refractivity contribution is 5.81. The molecular weight excluding hydrogens is 402 g/mol. The number of amides is 1. The number of rotatable bonds is 7. The predicted molar refractivity (Wildman–Crippen MR) is 125 cm³/mol. The van der Waals surface area contributed by atoms with Crippen LogP contribution in [0.15, 0.2) is 77.9 Å². The molecule has 0 atom stereocenters. The van der Waals surface area contributed by atoms with Crippen molar-refractivity contribution in [3.05, 3.63) is 106 Å². The number of carbonyl (C=O) groups excluding carboxylic acids is 1. The SMILES string of the molecule is Cc1cccc(COc2ccc(CNC(=O)Cn3cnc4c(C)cccc4c3=O)cc2)c1. The van der Waals surface area contributed by atoms with Crippen LogP contribution in [-0.4, -0.2) is 15.5 Å². The number of benzene rings is 3. The van der Waals surface area contributed by atoms with Crippen LogP contribution < -0.4 is 15.6 Å². The molecule has 1 heterocycles. The number of carbonyl (C=O) groups is 1. The molecule has 4 rings (SSSR count). The summed E-state index contributed by atoms with van der Waals surface area (Å²) in [6.45, 7) is 4.76. The van der Waals surface area contributed by atoms with Crippen molar-refractivity contribution in [3.8, 4) is 5.75 Å². The fourth-order valence-corrected chi connectivity index (χ4v) is 3.53. The van der Waals surface area contributed by atoms with E-state index in [2.05, 4.69) is 29.4 Å². The Labute approximate surface area is 186 Å². The maximum absolute atomic E-state index is 12.6. The zero-order chi connectivity index (χ0) is 22.5. The number of nitrogens with zero attached hydrogens (tertiary/aromatic N) is 2. The van der Waals surface area contributed by atoms with Gasteiger partial charge in [0, 0.05) is 6.54 Å². The minimum absolute atomic E-state index is 0.0760. The van der Waals surface area contributed by atoms with Crippen molar-refractivity contribution in [2.45, 2.75) is 33.5 Å². The van der Waals surface area contributed by atoms with Crippen molar-refractivity contribution in [1.29, 1.82) is 0 Å². The van der Waals surface area contributed by atoms with Gasteiger partial charge in [0.05, 0.1) is 17.2 Å². The number of aryl methyl sites for hydroxylation is 2. The Morgan fingerprint density at radius 3 is 2.56 bits per heavy atom. The third kappa shape index (κ3) is 5.03. The first-order valence-corrected chi connectivity index (χ1v) is 10.5. The molecule has 0 aliphatic carbocycles. The van der Waals surface area contributed by atoms with Crippen LogP contribution in [0.5, 0.6) is 5.75 Å². The van der Waals surface area contributed by atoms with Gasteiger partial charge < -0.3 is 10.1 Å². The summed E-state index contributed by atoms with van der Waals surface area (Å²) in [5.74, 6) is 0.520. The van der Waals surface area contributed by atoms with Crippen molar-refractivity contribution in [3.63, 3.8) is 0 Å². The second-order valence-corrected chi connectivity index (χ2v) is 7.85. The second-order valence-electron chi connectivity index (χ2n) is 7.85. The maximum atomic E-state index is 12.6. The highest BCUT2D eigenvalue weighted by Gasteiger charge is 2.09. The van der Waals surface area contributed by atoms with Crippen LogP contribution in [-0.2, 0) is 24.5 Å². The van der Waals surface area contributed by atoms with Crippen LogP contribution in [0, 0.1) is 13.8 Å². The molecule has 1 amide bonds. The van der Waals surface area contributed by atoms with Gasteiger partial charge in [-0.05, 0) is 48.7 Å². The number of nitrogens with one attached hydrogen (secondary N) is 1. The molecule has 1 aromatic heterocycles. The zero-order valence-corrected chi connectivity index (χ0v) is 18.2. The lowest BCUT2D eigenvalue weighted by Gasteiger charge is -2.10. The Morgan fingerprint density at radius 1 is 1.00 bits per heavy atom. The Bertz CT molecular complexity index is 1310. The lowest BCUT2D eigenvalue weighted by molar-refractivity contribution is -0.121. The fourth-order valence-electron chi connectivity index (χ4n) is 3.53. The third-order valence-electron chi connectivity index (χ3n) is 5.27. The van der Waals surface area contributed by atoms with E-state index in [-0.39, 0.29) is 18.0 Å². The van der Waals surface area contributed by atoms with Crippen LogP contribution >= 0.6 is 0 Å². The molecule has 6 nitrogen and oxygen atoms in total. The molecule has 0 aliphatic heterocycles. The van der Waals surface area contributed by atoms with Crippen LogP contribution in [0.4, 0.5) is 0 Å². The average molecular weight is 428 g/mol. The molecular formula is C26H25N3O3. The molecule has 0 radical (unpaired) electrons. The predicted octanol–water partition coefficient (Wildman–Crippen LogP) is 3.91. The van der Waals surface area contributed by atoms with Gasteiger partial charge in [-0.1, -0.05) is 54.1 Å². The number of fused-ring (bicyclic) bond motifs is 1. The summed E-state index contributed by atoms with van der Waals surface area (Å²) >= 11 is 0. The van der Waals surface area contributed by atoms with Gasteiger partial charge >= 0.3 is 0 Å². The van der Waals surface area contributed by atoms with Crippen molar-refractivity contribution >= 4 is 16.8 Å². The molecule has 1 N–H and O–H groups in total. The van der Waals surface area contributed by atoms with E-state index in [1.54, 1.807) is 6.07 Å². The maximum Gasteiger partial charge on any atom is 0.261 e. The fraction of sp³-hybridized carbons (Fsp3) is 0.192. The summed E-state index contributed by atoms with van der Waals surface area (Å²) in [5, 5.41) is 3.37. The average Bonchev–Trinajstić information content (AvgIpc) is 2.79. The van der Waals surface area contributed by atoms with Crippen molar-refractivity contribution in [1.82, 2.24) is 14.9 Å². The minimum Gasteiger partial charge on any atom is -0.489 e. The molecule has 162 valence electrons. The summed E-state index contributed by atoms with van der Waals surface area (Å²) in [7, 11) is 0. The lowest BCUT2D eigenvalue weighted by atomic mass is 10.1. The molecule has 0 fully saturated rings. The van der Waals surface area contributed by atoms with Gasteiger partial charge in [0.25, 0.3) is 5.56 Å². The number of hydrogen-bond acceptors (Lipinski definition) is 4. The van der Waals surface area contributed by atoms with Crippen LogP contribution in [0.3, 0.4) is 0 Å². The standard InChI is InChI=1S/C26H25N3O3/c1-18-5-3-7-21(13-18)16-32-22-11-9-20(10-12-22)14-27-24(30)15-29-17-28-25-19(2)6-4-8-23(25)26(29)31/h3-13,17H,14-16H2,1-2H3,(H,27,30). The zero-order valence-electron chi connectivity index (χ0n) is 18.2. The smallest absolute Gasteiger partial charge is 0.261 e. The number of hydrogen-bond donors (Lipinski definition) is 1. The highest BCUT2D eigenvalue weighted by atomic mass is 16.5. The monoisotopic (exact) mass is 427 g/mol. The van der Waals surface area contributed by atoms with Crippen molar-refractivity contribution in [2.75, 3.05) is 0 Å². The highest BCUT2D eigenvalue weighted by Crippen LogP contribution is 2.15. The summed E-state index contributed by atoms with van der Waals surface area (Å²) in [6, 6.07) is 21.3. The van der Waals surface area contributed by atoms with E-state index in [0.717, 1.165) is 22.4 Å². The van der Waals surface area contributed by atoms with Gasteiger partial charge in [0.1, 0.15) is 18.9 Å². The van der Waals surface area contributed by atoms with E-state index in [9.17, 15) is 9.59 Å². The summed E-state index contributed by atoms with van der Waals surface area (Å²) in [6.07, 6.45) is 1.43. The van der Waals surface area contributed by atoms with Crippen LogP contribution in [0.1, 0.15) is 22.3 Å². The lowest BCUT2D eigenvalue weighted by Crippen LogP contribution is -2.32. The van der Waals surface area contributed by atoms with E-state index in [4.69, 9.17) is 4.74 Å². The van der Waals surface area contributed by atoms with Crippen molar-refractivity contribution in [2.24, 2.45) is 0 Å². The molecule has 0 aliphatic rings. The van der Waals surface area contributed by atoms with Gasteiger partial charge in [0.2, 0.25) is 5.91 Å². The topological polar surface area (TPSA) is 73.2 Å². The summed E-state index contributed by atoms with van der Waals surface area (Å²) in [4.78, 5) is 29.3. The summed E-state index contributed by atoms with van der Waals surface area (Å²) < 4.78 is 7.16. The molecule has 0 unspecified atom stereocenters. The summed E-state index contributed by atoms with van der Waals surface area (Å²) in [5.41, 5.74) is 4.65. The minimum atomic E-state index is -0.249. The van der Waals surface area contributed by atoms with Gasteiger partial charge in [-0.25, -0.2) is 4.98 Å². The van der Waals surface area contributed by atoms with E-state index in [0.29, 0.717) is 24.1 Å². The van der Waals surface area contributed by atoms with E-state index in [1.165, 1.54) is 16.5 Å². The Balaban J connectivity index is 1.32.